The van der Waals surface area contributed by atoms with Crippen LogP contribution in [-0.4, -0.2) is 39.6 Å². The van der Waals surface area contributed by atoms with Crippen LogP contribution in [-0.2, 0) is 6.42 Å². The number of rotatable bonds is 6. The summed E-state index contributed by atoms with van der Waals surface area (Å²) in [6.45, 7) is 1.96. The van der Waals surface area contributed by atoms with E-state index in [0.717, 1.165) is 31.2 Å². The number of ether oxygens (including phenoxy) is 1. The predicted octanol–water partition coefficient (Wildman–Crippen LogP) is 3.74. The molecule has 0 bridgehead atoms. The molecule has 1 heterocycles. The van der Waals surface area contributed by atoms with Crippen LogP contribution in [0, 0.1) is 11.8 Å². The minimum atomic E-state index is -0.968. The van der Waals surface area contributed by atoms with E-state index in [1.807, 2.05) is 31.2 Å². The Kier molecular flexibility index (Phi) is 6.92. The van der Waals surface area contributed by atoms with Gasteiger partial charge < -0.3 is 20.1 Å². The predicted molar refractivity (Wildman–Crippen MR) is 108 cm³/mol. The molecule has 5 nitrogen and oxygen atoms in total. The van der Waals surface area contributed by atoms with Gasteiger partial charge in [-0.25, -0.2) is 4.79 Å². The van der Waals surface area contributed by atoms with Crippen LogP contribution in [0.1, 0.15) is 54.9 Å². The number of aromatic carboxylic acids is 1. The standard InChI is InChI=1S/C23H30O5/c1-2-3-4-7-17(24)11-12-18-19-8-5-6-15-9-10-16(23(26)27)13-21(15)28-22(19)14-20(18)25/h2-3,9-13,17-20,22,24-25H,4-8,14H2,1H3,(H,26,27)/b3-2-,12-11+/t17-,18+,19?,20+,22-/m0/s1. The lowest BCUT2D eigenvalue weighted by molar-refractivity contribution is 0.0695. The van der Waals surface area contributed by atoms with Crippen molar-refractivity contribution in [2.24, 2.45) is 11.8 Å². The molecule has 3 N–H and O–H groups in total. The molecule has 152 valence electrons. The van der Waals surface area contributed by atoms with E-state index in [1.54, 1.807) is 18.2 Å². The van der Waals surface area contributed by atoms with Crippen LogP contribution < -0.4 is 4.74 Å². The largest absolute Gasteiger partial charge is 0.490 e. The van der Waals surface area contributed by atoms with E-state index >= 15 is 0 Å². The Morgan fingerprint density at radius 3 is 2.96 bits per heavy atom. The van der Waals surface area contributed by atoms with Crippen LogP contribution in [0.15, 0.2) is 42.5 Å². The third-order valence-electron chi connectivity index (χ3n) is 5.89. The van der Waals surface area contributed by atoms with Crippen molar-refractivity contribution in [1.82, 2.24) is 0 Å². The summed E-state index contributed by atoms with van der Waals surface area (Å²) in [4.78, 5) is 11.3. The fraction of sp³-hybridized carbons (Fsp3) is 0.522. The highest BCUT2D eigenvalue weighted by atomic mass is 16.5. The number of aryl methyl sites for hydroxylation is 1. The molecule has 3 rings (SSSR count). The summed E-state index contributed by atoms with van der Waals surface area (Å²) >= 11 is 0. The molecular weight excluding hydrogens is 356 g/mol. The maximum absolute atomic E-state index is 11.3. The number of aliphatic hydroxyl groups is 2. The van der Waals surface area contributed by atoms with Crippen molar-refractivity contribution < 1.29 is 24.9 Å². The number of fused-ring (bicyclic) bond motifs is 2. The molecule has 1 aromatic rings. The van der Waals surface area contributed by atoms with E-state index in [9.17, 15) is 20.1 Å². The molecule has 0 radical (unpaired) electrons. The van der Waals surface area contributed by atoms with Gasteiger partial charge in [0, 0.05) is 18.3 Å². The lowest BCUT2D eigenvalue weighted by atomic mass is 9.86. The molecule has 1 aliphatic heterocycles. The minimum Gasteiger partial charge on any atom is -0.490 e. The van der Waals surface area contributed by atoms with E-state index in [4.69, 9.17) is 4.74 Å². The quantitative estimate of drug-likeness (QED) is 0.649. The first-order chi connectivity index (χ1) is 13.5. The smallest absolute Gasteiger partial charge is 0.335 e. The van der Waals surface area contributed by atoms with E-state index in [-0.39, 0.29) is 23.5 Å². The van der Waals surface area contributed by atoms with E-state index in [1.165, 1.54) is 0 Å². The number of allylic oxidation sites excluding steroid dienone is 2. The van der Waals surface area contributed by atoms with Crippen LogP contribution in [0.5, 0.6) is 5.75 Å². The molecule has 5 heteroatoms. The lowest BCUT2D eigenvalue weighted by Crippen LogP contribution is -2.27. The zero-order valence-corrected chi connectivity index (χ0v) is 16.3. The molecule has 28 heavy (non-hydrogen) atoms. The molecule has 2 aliphatic rings. The number of benzene rings is 1. The summed E-state index contributed by atoms with van der Waals surface area (Å²) in [7, 11) is 0. The van der Waals surface area contributed by atoms with Gasteiger partial charge in [0.1, 0.15) is 11.9 Å². The molecular formula is C23H30O5. The average molecular weight is 386 g/mol. The topological polar surface area (TPSA) is 87.0 Å². The zero-order valence-electron chi connectivity index (χ0n) is 16.3. The van der Waals surface area contributed by atoms with Crippen LogP contribution in [0.4, 0.5) is 0 Å². The Morgan fingerprint density at radius 1 is 1.39 bits per heavy atom. The summed E-state index contributed by atoms with van der Waals surface area (Å²) < 4.78 is 6.21. The number of hydrogen-bond donors (Lipinski definition) is 3. The van der Waals surface area contributed by atoms with Crippen molar-refractivity contribution >= 4 is 5.97 Å². The average Bonchev–Trinajstić information content (AvgIpc) is 2.93. The Morgan fingerprint density at radius 2 is 2.21 bits per heavy atom. The first kappa shape index (κ1) is 20.6. The third-order valence-corrected chi connectivity index (χ3v) is 5.89. The zero-order chi connectivity index (χ0) is 20.1. The molecule has 5 atom stereocenters. The molecule has 1 unspecified atom stereocenters. The fourth-order valence-corrected chi connectivity index (χ4v) is 4.37. The van der Waals surface area contributed by atoms with Crippen molar-refractivity contribution in [3.63, 3.8) is 0 Å². The Bertz CT molecular complexity index is 739. The number of carboxylic acids is 1. The second-order valence-electron chi connectivity index (χ2n) is 7.82. The van der Waals surface area contributed by atoms with Gasteiger partial charge in [-0.2, -0.15) is 0 Å². The highest BCUT2D eigenvalue weighted by molar-refractivity contribution is 5.88. The Labute approximate surface area is 166 Å². The summed E-state index contributed by atoms with van der Waals surface area (Å²) in [5, 5.41) is 30.0. The first-order valence-electron chi connectivity index (χ1n) is 10.2. The summed E-state index contributed by atoms with van der Waals surface area (Å²) in [5.41, 5.74) is 1.24. The van der Waals surface area contributed by atoms with Crippen molar-refractivity contribution in [3.05, 3.63) is 53.6 Å². The van der Waals surface area contributed by atoms with Gasteiger partial charge in [0.15, 0.2) is 0 Å². The van der Waals surface area contributed by atoms with Gasteiger partial charge in [-0.05, 0) is 56.7 Å². The van der Waals surface area contributed by atoms with E-state index < -0.39 is 18.2 Å². The van der Waals surface area contributed by atoms with E-state index in [0.29, 0.717) is 18.6 Å². The molecule has 0 saturated heterocycles. The van der Waals surface area contributed by atoms with Gasteiger partial charge >= 0.3 is 5.97 Å². The normalized spacial score (nSPS) is 28.4. The van der Waals surface area contributed by atoms with E-state index in [2.05, 4.69) is 0 Å². The summed E-state index contributed by atoms with van der Waals surface area (Å²) in [6.07, 6.45) is 11.3. The molecule has 0 aromatic heterocycles. The molecule has 1 aliphatic carbocycles. The van der Waals surface area contributed by atoms with Gasteiger partial charge in [-0.15, -0.1) is 0 Å². The van der Waals surface area contributed by atoms with Crippen LogP contribution >= 0.6 is 0 Å². The van der Waals surface area contributed by atoms with Gasteiger partial charge in [0.05, 0.1) is 17.8 Å². The third kappa shape index (κ3) is 4.83. The fourth-order valence-electron chi connectivity index (χ4n) is 4.37. The van der Waals surface area contributed by atoms with Crippen molar-refractivity contribution in [1.29, 1.82) is 0 Å². The molecule has 1 fully saturated rings. The second kappa shape index (κ2) is 9.39. The van der Waals surface area contributed by atoms with Crippen molar-refractivity contribution in [2.75, 3.05) is 0 Å². The number of carboxylic acid groups (broad SMARTS) is 1. The Balaban J connectivity index is 1.72. The number of aliphatic hydroxyl groups excluding tert-OH is 2. The van der Waals surface area contributed by atoms with Crippen LogP contribution in [0.25, 0.3) is 0 Å². The van der Waals surface area contributed by atoms with Crippen molar-refractivity contribution in [2.45, 2.75) is 63.8 Å². The summed E-state index contributed by atoms with van der Waals surface area (Å²) in [5.74, 6) is -0.233. The highest BCUT2D eigenvalue weighted by Gasteiger charge is 2.43. The maximum atomic E-state index is 11.3. The minimum absolute atomic E-state index is 0.0504. The second-order valence-corrected chi connectivity index (χ2v) is 7.82. The molecule has 1 aromatic carbocycles. The van der Waals surface area contributed by atoms with Gasteiger partial charge in [-0.1, -0.05) is 30.4 Å². The maximum Gasteiger partial charge on any atom is 0.335 e. The number of hydrogen-bond acceptors (Lipinski definition) is 4. The monoisotopic (exact) mass is 386 g/mol. The van der Waals surface area contributed by atoms with Gasteiger partial charge in [0.25, 0.3) is 0 Å². The van der Waals surface area contributed by atoms with Gasteiger partial charge in [-0.3, -0.25) is 0 Å². The van der Waals surface area contributed by atoms with Crippen LogP contribution in [0.3, 0.4) is 0 Å². The number of carbonyl (C=O) groups is 1. The highest BCUT2D eigenvalue weighted by Crippen LogP contribution is 2.42. The van der Waals surface area contributed by atoms with Crippen molar-refractivity contribution in [3.8, 4) is 5.75 Å². The lowest BCUT2D eigenvalue weighted by Gasteiger charge is -2.28. The first-order valence-corrected chi connectivity index (χ1v) is 10.2. The van der Waals surface area contributed by atoms with Crippen LogP contribution in [0.2, 0.25) is 0 Å². The van der Waals surface area contributed by atoms with Gasteiger partial charge in [0.2, 0.25) is 0 Å². The SMILES string of the molecule is C/C=C\CC[C@H](O)/C=C/[C@@H]1C2CCCc3ccc(C(=O)O)cc3O[C@H]2C[C@H]1O. The summed E-state index contributed by atoms with van der Waals surface area (Å²) in [6, 6.07) is 5.05. The molecule has 0 amide bonds. The molecule has 1 saturated carbocycles. The molecule has 0 spiro atoms. The Hall–Kier alpha value is -2.11.